The van der Waals surface area contributed by atoms with E-state index in [1.807, 2.05) is 0 Å². The van der Waals surface area contributed by atoms with E-state index in [2.05, 4.69) is 27.7 Å². The van der Waals surface area contributed by atoms with Crippen LogP contribution in [0.3, 0.4) is 0 Å². The predicted molar refractivity (Wildman–Crippen MR) is 70.0 cm³/mol. The molecule has 1 saturated heterocycles. The van der Waals surface area contributed by atoms with E-state index in [-0.39, 0.29) is 18.3 Å². The van der Waals surface area contributed by atoms with E-state index in [1.165, 1.54) is 38.5 Å². The van der Waals surface area contributed by atoms with Gasteiger partial charge < -0.3 is 9.31 Å². The first-order valence-corrected chi connectivity index (χ1v) is 7.20. The molecule has 2 nitrogen and oxygen atoms in total. The summed E-state index contributed by atoms with van der Waals surface area (Å²) in [6.07, 6.45) is 8.15. The fourth-order valence-corrected chi connectivity index (χ4v) is 3.91. The average Bonchev–Trinajstić information content (AvgIpc) is 2.64. The first-order valence-electron chi connectivity index (χ1n) is 7.20. The summed E-state index contributed by atoms with van der Waals surface area (Å²) in [4.78, 5) is 0. The summed E-state index contributed by atoms with van der Waals surface area (Å²) < 4.78 is 12.6. The van der Waals surface area contributed by atoms with Gasteiger partial charge in [-0.15, -0.1) is 0 Å². The second-order valence-corrected chi connectivity index (χ2v) is 7.45. The number of fused-ring (bicyclic) bond motifs is 2. The smallest absolute Gasteiger partial charge is 0.403 e. The van der Waals surface area contributed by atoms with Crippen molar-refractivity contribution in [1.82, 2.24) is 0 Å². The lowest BCUT2D eigenvalue weighted by Crippen LogP contribution is -2.41. The summed E-state index contributed by atoms with van der Waals surface area (Å²) >= 11 is 0. The largest absolute Gasteiger partial charge is 0.464 e. The van der Waals surface area contributed by atoms with Crippen molar-refractivity contribution in [2.75, 3.05) is 0 Å². The topological polar surface area (TPSA) is 18.5 Å². The van der Waals surface area contributed by atoms with Crippen LogP contribution in [0.1, 0.15) is 66.2 Å². The molecule has 3 fully saturated rings. The standard InChI is InChI=1S/C14H25BO2/c1-12(2)13(3,4)17-15(16-12)14-8-5-6-11(10-14)7-9-14/h11H,5-10H2,1-4H3. The van der Waals surface area contributed by atoms with Crippen molar-refractivity contribution < 1.29 is 9.31 Å². The Morgan fingerprint density at radius 3 is 2.24 bits per heavy atom. The zero-order valence-electron chi connectivity index (χ0n) is 11.7. The molecule has 0 aromatic heterocycles. The van der Waals surface area contributed by atoms with Crippen LogP contribution < -0.4 is 0 Å². The van der Waals surface area contributed by atoms with Gasteiger partial charge in [-0.05, 0) is 52.9 Å². The van der Waals surface area contributed by atoms with Crippen molar-refractivity contribution in [2.24, 2.45) is 5.92 Å². The molecule has 0 radical (unpaired) electrons. The maximum Gasteiger partial charge on any atom is 0.464 e. The Labute approximate surface area is 106 Å². The van der Waals surface area contributed by atoms with Gasteiger partial charge in [0.2, 0.25) is 0 Å². The molecule has 2 saturated carbocycles. The summed E-state index contributed by atoms with van der Waals surface area (Å²) in [6, 6.07) is 0. The van der Waals surface area contributed by atoms with Crippen LogP contribution in [0.15, 0.2) is 0 Å². The van der Waals surface area contributed by atoms with Crippen molar-refractivity contribution in [3.63, 3.8) is 0 Å². The summed E-state index contributed by atoms with van der Waals surface area (Å²) in [7, 11) is 0.0396. The van der Waals surface area contributed by atoms with Crippen molar-refractivity contribution in [3.05, 3.63) is 0 Å². The minimum atomic E-state index is -0.165. The Morgan fingerprint density at radius 2 is 1.59 bits per heavy atom. The molecule has 0 spiro atoms. The van der Waals surface area contributed by atoms with Crippen LogP contribution in [-0.4, -0.2) is 18.3 Å². The maximum absolute atomic E-state index is 6.30. The quantitative estimate of drug-likeness (QED) is 0.644. The van der Waals surface area contributed by atoms with E-state index < -0.39 is 0 Å². The van der Waals surface area contributed by atoms with Gasteiger partial charge in [-0.25, -0.2) is 0 Å². The SMILES string of the molecule is CC1(C)OB(C23CCCC(CC2)C3)OC1(C)C. The highest BCUT2D eigenvalue weighted by molar-refractivity contribution is 6.49. The highest BCUT2D eigenvalue weighted by Gasteiger charge is 2.61. The molecular weight excluding hydrogens is 211 g/mol. The van der Waals surface area contributed by atoms with Gasteiger partial charge in [-0.3, -0.25) is 0 Å². The molecule has 3 rings (SSSR count). The van der Waals surface area contributed by atoms with Crippen LogP contribution in [0.4, 0.5) is 0 Å². The van der Waals surface area contributed by atoms with E-state index in [9.17, 15) is 0 Å². The van der Waals surface area contributed by atoms with E-state index in [0.29, 0.717) is 5.31 Å². The Balaban J connectivity index is 1.83. The first-order chi connectivity index (χ1) is 7.85. The monoisotopic (exact) mass is 236 g/mol. The molecule has 3 aliphatic rings. The van der Waals surface area contributed by atoms with Gasteiger partial charge in [-0.2, -0.15) is 0 Å². The van der Waals surface area contributed by atoms with E-state index in [4.69, 9.17) is 9.31 Å². The summed E-state index contributed by atoms with van der Waals surface area (Å²) in [5, 5.41) is 0.341. The maximum atomic E-state index is 6.30. The van der Waals surface area contributed by atoms with Gasteiger partial charge in [0, 0.05) is 5.31 Å². The van der Waals surface area contributed by atoms with Crippen LogP contribution in [0, 0.1) is 5.92 Å². The highest BCUT2D eigenvalue weighted by Crippen LogP contribution is 2.61. The minimum absolute atomic E-state index is 0.0396. The molecule has 2 bridgehead atoms. The molecule has 96 valence electrons. The summed E-state index contributed by atoms with van der Waals surface area (Å²) in [5.74, 6) is 0.947. The molecule has 2 atom stereocenters. The van der Waals surface area contributed by atoms with Gasteiger partial charge in [-0.1, -0.05) is 19.3 Å². The zero-order valence-corrected chi connectivity index (χ0v) is 11.7. The highest BCUT2D eigenvalue weighted by atomic mass is 16.7. The van der Waals surface area contributed by atoms with Crippen LogP contribution in [0.25, 0.3) is 0 Å². The van der Waals surface area contributed by atoms with Gasteiger partial charge in [0.25, 0.3) is 0 Å². The molecule has 2 unspecified atom stereocenters. The first kappa shape index (κ1) is 12.0. The Hall–Kier alpha value is -0.0151. The Morgan fingerprint density at radius 1 is 0.941 bits per heavy atom. The van der Waals surface area contributed by atoms with E-state index in [0.717, 1.165) is 5.92 Å². The number of hydrogen-bond donors (Lipinski definition) is 0. The third-order valence-corrected chi connectivity index (χ3v) is 5.79. The molecule has 0 amide bonds. The number of rotatable bonds is 1. The molecule has 0 aromatic rings. The Kier molecular flexibility index (Phi) is 2.49. The Bertz CT molecular complexity index is 306. The normalized spacial score (nSPS) is 43.1. The lowest BCUT2D eigenvalue weighted by molar-refractivity contribution is 0.00578. The molecule has 2 aliphatic carbocycles. The van der Waals surface area contributed by atoms with Crippen molar-refractivity contribution >= 4 is 7.12 Å². The van der Waals surface area contributed by atoms with Crippen molar-refractivity contribution in [1.29, 1.82) is 0 Å². The second kappa shape index (κ2) is 3.51. The van der Waals surface area contributed by atoms with Crippen LogP contribution in [0.5, 0.6) is 0 Å². The molecule has 1 heterocycles. The molecule has 0 aromatic carbocycles. The van der Waals surface area contributed by atoms with Crippen LogP contribution >= 0.6 is 0 Å². The average molecular weight is 236 g/mol. The molecular formula is C14H25BO2. The third kappa shape index (κ3) is 1.69. The summed E-state index contributed by atoms with van der Waals surface area (Å²) in [6.45, 7) is 8.66. The van der Waals surface area contributed by atoms with Gasteiger partial charge in [0.15, 0.2) is 0 Å². The van der Waals surface area contributed by atoms with E-state index >= 15 is 0 Å². The number of hydrogen-bond acceptors (Lipinski definition) is 2. The summed E-state index contributed by atoms with van der Waals surface area (Å²) in [5.41, 5.74) is -0.329. The fourth-order valence-electron chi connectivity index (χ4n) is 3.91. The molecule has 17 heavy (non-hydrogen) atoms. The fraction of sp³-hybridized carbons (Fsp3) is 1.00. The lowest BCUT2D eigenvalue weighted by atomic mass is 9.52. The third-order valence-electron chi connectivity index (χ3n) is 5.79. The molecule has 1 aliphatic heterocycles. The van der Waals surface area contributed by atoms with Gasteiger partial charge >= 0.3 is 7.12 Å². The van der Waals surface area contributed by atoms with Crippen molar-refractivity contribution in [3.8, 4) is 0 Å². The predicted octanol–water partition coefficient (Wildman–Crippen LogP) is 3.80. The lowest BCUT2D eigenvalue weighted by Gasteiger charge is -2.34. The molecule has 3 heteroatoms. The minimum Gasteiger partial charge on any atom is -0.403 e. The zero-order chi connectivity index (χ0) is 12.3. The van der Waals surface area contributed by atoms with E-state index in [1.54, 1.807) is 0 Å². The van der Waals surface area contributed by atoms with Gasteiger partial charge in [0.05, 0.1) is 11.2 Å². The van der Waals surface area contributed by atoms with Crippen LogP contribution in [-0.2, 0) is 9.31 Å². The second-order valence-electron chi connectivity index (χ2n) is 7.45. The van der Waals surface area contributed by atoms with Crippen molar-refractivity contribution in [2.45, 2.75) is 82.7 Å². The van der Waals surface area contributed by atoms with Crippen LogP contribution in [0.2, 0.25) is 5.31 Å². The molecule has 0 N–H and O–H groups in total. The van der Waals surface area contributed by atoms with Gasteiger partial charge in [0.1, 0.15) is 0 Å².